The van der Waals surface area contributed by atoms with Gasteiger partial charge < -0.3 is 0 Å². The summed E-state index contributed by atoms with van der Waals surface area (Å²) in [6.07, 6.45) is 2.22. The molecule has 1 aromatic carbocycles. The van der Waals surface area contributed by atoms with Crippen molar-refractivity contribution in [1.29, 1.82) is 0 Å². The molecule has 0 aliphatic carbocycles. The van der Waals surface area contributed by atoms with Crippen LogP contribution in [0.3, 0.4) is 0 Å². The molecule has 2 rings (SSSR count). The third-order valence-electron chi connectivity index (χ3n) is 1.51. The summed E-state index contributed by atoms with van der Waals surface area (Å²) >= 11 is 0. The topological polar surface area (TPSA) is 58.5 Å². The van der Waals surface area contributed by atoms with E-state index in [1.165, 1.54) is 6.07 Å². The van der Waals surface area contributed by atoms with Crippen molar-refractivity contribution in [2.24, 2.45) is 4.99 Å². The molecule has 4 nitrogen and oxygen atoms in total. The number of aliphatic imine (C=N–C) groups is 1. The number of rotatable bonds is 0. The lowest BCUT2D eigenvalue weighted by Gasteiger charge is -2.09. The van der Waals surface area contributed by atoms with Gasteiger partial charge in [-0.25, -0.2) is 13.4 Å². The van der Waals surface area contributed by atoms with Crippen LogP contribution in [-0.2, 0) is 10.0 Å². The normalized spacial score (nSPS) is 18.0. The molecule has 0 saturated carbocycles. The van der Waals surface area contributed by atoms with Gasteiger partial charge in [-0.15, -0.1) is 0 Å². The molecule has 5 heteroatoms. The monoisotopic (exact) mass is 181 g/mol. The van der Waals surface area contributed by atoms with Crippen molar-refractivity contribution >= 4 is 22.0 Å². The average molecular weight is 181 g/mol. The van der Waals surface area contributed by atoms with Crippen LogP contribution >= 0.6 is 0 Å². The predicted octanol–water partition coefficient (Wildman–Crippen LogP) is 0.515. The fourth-order valence-electron chi connectivity index (χ4n) is 0.975. The summed E-state index contributed by atoms with van der Waals surface area (Å²) in [5.41, 5.74) is 0.427. The molecule has 1 radical (unpaired) electrons. The Balaban J connectivity index is 2.77. The highest BCUT2D eigenvalue weighted by molar-refractivity contribution is 7.90. The van der Waals surface area contributed by atoms with E-state index in [0.717, 1.165) is 0 Å². The maximum absolute atomic E-state index is 11.2. The molecule has 0 bridgehead atoms. The molecule has 0 aromatic heterocycles. The first-order valence-electron chi connectivity index (χ1n) is 3.27. The summed E-state index contributed by atoms with van der Waals surface area (Å²) in [5.74, 6) is 0. The van der Waals surface area contributed by atoms with Crippen molar-refractivity contribution in [3.63, 3.8) is 0 Å². The van der Waals surface area contributed by atoms with E-state index in [4.69, 9.17) is 0 Å². The predicted molar refractivity (Wildman–Crippen MR) is 43.9 cm³/mol. The first-order chi connectivity index (χ1) is 5.70. The first kappa shape index (κ1) is 7.30. The van der Waals surface area contributed by atoms with Gasteiger partial charge in [0.2, 0.25) is 0 Å². The Morgan fingerprint density at radius 3 is 2.83 bits per heavy atom. The second kappa shape index (κ2) is 2.31. The van der Waals surface area contributed by atoms with Crippen molar-refractivity contribution in [2.75, 3.05) is 0 Å². The second-order valence-corrected chi connectivity index (χ2v) is 3.95. The second-order valence-electron chi connectivity index (χ2n) is 2.30. The molecule has 0 fully saturated rings. The third-order valence-corrected chi connectivity index (χ3v) is 2.80. The maximum Gasteiger partial charge on any atom is 0.265 e. The average Bonchev–Trinajstić information content (AvgIpc) is 2.04. The lowest BCUT2D eigenvalue weighted by Crippen LogP contribution is -2.24. The number of hydrogen-bond acceptors (Lipinski definition) is 3. The molecule has 0 amide bonds. The first-order valence-corrected chi connectivity index (χ1v) is 4.75. The van der Waals surface area contributed by atoms with Gasteiger partial charge in [-0.2, -0.15) is 0 Å². The Morgan fingerprint density at radius 2 is 2.08 bits per heavy atom. The van der Waals surface area contributed by atoms with Crippen molar-refractivity contribution in [3.8, 4) is 0 Å². The Morgan fingerprint density at radius 1 is 1.33 bits per heavy atom. The number of hydrogen-bond donors (Lipinski definition) is 1. The quantitative estimate of drug-likeness (QED) is 0.634. The van der Waals surface area contributed by atoms with E-state index < -0.39 is 10.0 Å². The van der Waals surface area contributed by atoms with Gasteiger partial charge in [0.15, 0.2) is 6.34 Å². The summed E-state index contributed by atoms with van der Waals surface area (Å²) < 4.78 is 24.5. The van der Waals surface area contributed by atoms with Crippen LogP contribution in [0, 0.1) is 0 Å². The molecule has 12 heavy (non-hydrogen) atoms. The number of para-hydroxylation sites is 1. The largest absolute Gasteiger partial charge is 0.265 e. The van der Waals surface area contributed by atoms with Crippen LogP contribution in [0.5, 0.6) is 0 Å². The number of benzene rings is 1. The summed E-state index contributed by atoms with van der Waals surface area (Å²) in [5, 5.41) is 0. The van der Waals surface area contributed by atoms with Gasteiger partial charge in [0.25, 0.3) is 10.0 Å². The minimum absolute atomic E-state index is 0.198. The van der Waals surface area contributed by atoms with E-state index in [9.17, 15) is 8.42 Å². The Bertz CT molecular complexity index is 436. The highest BCUT2D eigenvalue weighted by atomic mass is 32.2. The highest BCUT2D eigenvalue weighted by Crippen LogP contribution is 2.24. The fraction of sp³-hybridized carbons (Fsp3) is 0. The molecular formula is C7H5N2O2S. The van der Waals surface area contributed by atoms with Gasteiger partial charge in [-0.1, -0.05) is 12.1 Å². The van der Waals surface area contributed by atoms with Crippen LogP contribution in [0.1, 0.15) is 0 Å². The van der Waals surface area contributed by atoms with E-state index in [2.05, 4.69) is 16.1 Å². The molecule has 1 aliphatic rings. The third kappa shape index (κ3) is 0.984. The highest BCUT2D eigenvalue weighted by Gasteiger charge is 2.19. The SMILES string of the molecule is O=S1(=O)N[C]=Nc2ccccc21. The molecule has 1 aromatic rings. The lowest BCUT2D eigenvalue weighted by atomic mass is 10.3. The molecule has 61 valence electrons. The molecule has 0 unspecified atom stereocenters. The van der Waals surface area contributed by atoms with Crippen molar-refractivity contribution in [2.45, 2.75) is 4.90 Å². The van der Waals surface area contributed by atoms with Crippen molar-refractivity contribution < 1.29 is 8.42 Å². The van der Waals surface area contributed by atoms with Crippen LogP contribution in [-0.4, -0.2) is 14.8 Å². The Kier molecular flexibility index (Phi) is 1.41. The van der Waals surface area contributed by atoms with E-state index >= 15 is 0 Å². The zero-order chi connectivity index (χ0) is 8.60. The van der Waals surface area contributed by atoms with Gasteiger partial charge in [0, 0.05) is 0 Å². The molecule has 0 saturated heterocycles. The molecule has 1 heterocycles. The molecule has 0 atom stereocenters. The van der Waals surface area contributed by atoms with Crippen LogP contribution in [0.15, 0.2) is 34.2 Å². The summed E-state index contributed by atoms with van der Waals surface area (Å²) in [6, 6.07) is 6.51. The van der Waals surface area contributed by atoms with Crippen molar-refractivity contribution in [3.05, 3.63) is 24.3 Å². The summed E-state index contributed by atoms with van der Waals surface area (Å²) in [6.45, 7) is 0. The van der Waals surface area contributed by atoms with Crippen LogP contribution in [0.25, 0.3) is 0 Å². The zero-order valence-electron chi connectivity index (χ0n) is 5.98. The minimum atomic E-state index is -3.40. The number of nitrogens with zero attached hydrogens (tertiary/aromatic N) is 1. The van der Waals surface area contributed by atoms with Crippen LogP contribution < -0.4 is 4.72 Å². The van der Waals surface area contributed by atoms with Gasteiger partial charge in [-0.3, -0.25) is 4.72 Å². The van der Waals surface area contributed by atoms with Crippen LogP contribution in [0.2, 0.25) is 0 Å². The van der Waals surface area contributed by atoms with E-state index in [0.29, 0.717) is 5.69 Å². The standard InChI is InChI=1S/C7H5N2O2S/c10-12(11)7-4-2-1-3-6(7)8-5-9-12/h1-4H,(H,8,9). The van der Waals surface area contributed by atoms with Crippen LogP contribution in [0.4, 0.5) is 5.69 Å². The van der Waals surface area contributed by atoms with Gasteiger partial charge in [0.05, 0.1) is 5.69 Å². The van der Waals surface area contributed by atoms with Crippen molar-refractivity contribution in [1.82, 2.24) is 4.72 Å². The number of nitrogens with one attached hydrogen (secondary N) is 1. The van der Waals surface area contributed by atoms with Gasteiger partial charge in [-0.05, 0) is 12.1 Å². The Hall–Kier alpha value is -1.36. The van der Waals surface area contributed by atoms with E-state index in [1.54, 1.807) is 18.2 Å². The molecule has 1 aliphatic heterocycles. The summed E-state index contributed by atoms with van der Waals surface area (Å²) in [7, 11) is -3.40. The smallest absolute Gasteiger partial charge is 0.260 e. The van der Waals surface area contributed by atoms with Gasteiger partial charge >= 0.3 is 0 Å². The molecule has 0 spiro atoms. The lowest BCUT2D eigenvalue weighted by molar-refractivity contribution is 0.592. The van der Waals surface area contributed by atoms with E-state index in [1.807, 2.05) is 0 Å². The minimum Gasteiger partial charge on any atom is -0.260 e. The maximum atomic E-state index is 11.2. The van der Waals surface area contributed by atoms with E-state index in [-0.39, 0.29) is 4.90 Å². The molecular weight excluding hydrogens is 176 g/mol. The fourth-order valence-corrected chi connectivity index (χ4v) is 1.90. The summed E-state index contributed by atoms with van der Waals surface area (Å²) in [4.78, 5) is 3.95. The number of fused-ring (bicyclic) bond motifs is 1. The zero-order valence-corrected chi connectivity index (χ0v) is 6.80. The Labute approximate surface area is 70.0 Å². The number of sulfonamides is 1. The van der Waals surface area contributed by atoms with Gasteiger partial charge in [0.1, 0.15) is 4.90 Å². The molecule has 1 N–H and O–H groups in total.